The number of aromatic nitrogens is 1. The molecule has 0 aliphatic rings. The van der Waals surface area contributed by atoms with Gasteiger partial charge >= 0.3 is 0 Å². The summed E-state index contributed by atoms with van der Waals surface area (Å²) in [6.45, 7) is 3.74. The van der Waals surface area contributed by atoms with Crippen LogP contribution in [0, 0.1) is 13.8 Å². The van der Waals surface area contributed by atoms with Crippen LogP contribution in [-0.4, -0.2) is 29.5 Å². The van der Waals surface area contributed by atoms with Gasteiger partial charge in [0, 0.05) is 11.3 Å². The van der Waals surface area contributed by atoms with Crippen molar-refractivity contribution in [3.05, 3.63) is 83.0 Å². The van der Waals surface area contributed by atoms with Crippen LogP contribution in [-0.2, 0) is 0 Å². The van der Waals surface area contributed by atoms with E-state index < -0.39 is 0 Å². The van der Waals surface area contributed by atoms with E-state index in [1.807, 2.05) is 50.2 Å². The lowest BCUT2D eigenvalue weighted by Gasteiger charge is -2.14. The Kier molecular flexibility index (Phi) is 6.67. The van der Waals surface area contributed by atoms with Crippen LogP contribution in [0.5, 0.6) is 5.75 Å². The number of benzene rings is 2. The number of para-hydroxylation sites is 2. The molecular formula is C23H22N2O3S. The van der Waals surface area contributed by atoms with E-state index in [0.29, 0.717) is 27.6 Å². The SMILES string of the molecule is COc1ccccc1NC(=O)c1c(C)cc(C)nc1SCC(=O)c1ccccc1. The quantitative estimate of drug-likeness (QED) is 0.445. The molecule has 0 atom stereocenters. The maximum Gasteiger partial charge on any atom is 0.258 e. The van der Waals surface area contributed by atoms with E-state index >= 15 is 0 Å². The largest absolute Gasteiger partial charge is 0.495 e. The van der Waals surface area contributed by atoms with Crippen LogP contribution in [0.2, 0.25) is 0 Å². The highest BCUT2D eigenvalue weighted by atomic mass is 32.2. The van der Waals surface area contributed by atoms with Crippen LogP contribution in [0.15, 0.2) is 65.7 Å². The van der Waals surface area contributed by atoms with Crippen LogP contribution in [0.1, 0.15) is 32.0 Å². The number of rotatable bonds is 7. The van der Waals surface area contributed by atoms with E-state index in [0.717, 1.165) is 11.3 Å². The van der Waals surface area contributed by atoms with Crippen molar-refractivity contribution in [2.75, 3.05) is 18.2 Å². The molecule has 1 heterocycles. The summed E-state index contributed by atoms with van der Waals surface area (Å²) in [7, 11) is 1.56. The number of thioether (sulfide) groups is 1. The van der Waals surface area contributed by atoms with E-state index in [1.165, 1.54) is 11.8 Å². The van der Waals surface area contributed by atoms with Gasteiger partial charge in [0.25, 0.3) is 5.91 Å². The normalized spacial score (nSPS) is 10.4. The predicted molar refractivity (Wildman–Crippen MR) is 116 cm³/mol. The predicted octanol–water partition coefficient (Wildman–Crippen LogP) is 4.93. The topological polar surface area (TPSA) is 68.3 Å². The molecule has 0 fully saturated rings. The number of aryl methyl sites for hydroxylation is 2. The zero-order chi connectivity index (χ0) is 20.8. The summed E-state index contributed by atoms with van der Waals surface area (Å²) in [4.78, 5) is 30.0. The molecule has 0 aliphatic heterocycles. The van der Waals surface area contributed by atoms with Gasteiger partial charge < -0.3 is 10.1 Å². The number of methoxy groups -OCH3 is 1. The second-order valence-electron chi connectivity index (χ2n) is 6.49. The molecule has 3 aromatic rings. The molecule has 29 heavy (non-hydrogen) atoms. The first-order valence-corrected chi connectivity index (χ1v) is 10.1. The third-order valence-electron chi connectivity index (χ3n) is 4.33. The first-order chi connectivity index (χ1) is 14.0. The number of nitrogens with zero attached hydrogens (tertiary/aromatic N) is 1. The molecule has 0 radical (unpaired) electrons. The number of anilines is 1. The van der Waals surface area contributed by atoms with Crippen LogP contribution in [0.25, 0.3) is 0 Å². The van der Waals surface area contributed by atoms with Crippen molar-refractivity contribution in [1.82, 2.24) is 4.98 Å². The summed E-state index contributed by atoms with van der Waals surface area (Å²) in [6, 6.07) is 18.2. The van der Waals surface area contributed by atoms with Gasteiger partial charge in [-0.2, -0.15) is 0 Å². The number of ether oxygens (including phenoxy) is 1. The Morgan fingerprint density at radius 1 is 1.03 bits per heavy atom. The van der Waals surface area contributed by atoms with E-state index in [-0.39, 0.29) is 17.4 Å². The van der Waals surface area contributed by atoms with Crippen LogP contribution in [0.4, 0.5) is 5.69 Å². The monoisotopic (exact) mass is 406 g/mol. The number of nitrogens with one attached hydrogen (secondary N) is 1. The smallest absolute Gasteiger partial charge is 0.258 e. The van der Waals surface area contributed by atoms with E-state index in [9.17, 15) is 9.59 Å². The molecule has 0 bridgehead atoms. The van der Waals surface area contributed by atoms with Gasteiger partial charge in [-0.3, -0.25) is 9.59 Å². The summed E-state index contributed by atoms with van der Waals surface area (Å²) in [5, 5.41) is 3.44. The number of Topliss-reactive ketones (excluding diaryl/α,β-unsaturated/α-hetero) is 1. The highest BCUT2D eigenvalue weighted by Crippen LogP contribution is 2.28. The number of carbonyl (C=O) groups excluding carboxylic acids is 2. The summed E-state index contributed by atoms with van der Waals surface area (Å²) >= 11 is 1.27. The van der Waals surface area contributed by atoms with Crippen LogP contribution in [0.3, 0.4) is 0 Å². The van der Waals surface area contributed by atoms with Gasteiger partial charge in [-0.1, -0.05) is 54.2 Å². The Labute approximate surface area is 174 Å². The van der Waals surface area contributed by atoms with Crippen molar-refractivity contribution < 1.29 is 14.3 Å². The lowest BCUT2D eigenvalue weighted by Crippen LogP contribution is -2.17. The molecule has 0 aliphatic carbocycles. The zero-order valence-electron chi connectivity index (χ0n) is 16.6. The lowest BCUT2D eigenvalue weighted by atomic mass is 10.1. The number of hydrogen-bond acceptors (Lipinski definition) is 5. The molecule has 1 N–H and O–H groups in total. The fourth-order valence-corrected chi connectivity index (χ4v) is 4.00. The number of hydrogen-bond donors (Lipinski definition) is 1. The van der Waals surface area contributed by atoms with E-state index in [1.54, 1.807) is 31.4 Å². The molecule has 0 saturated carbocycles. The van der Waals surface area contributed by atoms with Crippen molar-refractivity contribution >= 4 is 29.1 Å². The van der Waals surface area contributed by atoms with Gasteiger partial charge in [0.2, 0.25) is 0 Å². The maximum atomic E-state index is 13.0. The van der Waals surface area contributed by atoms with Crippen LogP contribution < -0.4 is 10.1 Å². The Hall–Kier alpha value is -3.12. The van der Waals surface area contributed by atoms with Crippen molar-refractivity contribution in [1.29, 1.82) is 0 Å². The summed E-state index contributed by atoms with van der Waals surface area (Å²) in [6.07, 6.45) is 0. The fraction of sp³-hybridized carbons (Fsp3) is 0.174. The van der Waals surface area contributed by atoms with Crippen molar-refractivity contribution in [2.45, 2.75) is 18.9 Å². The first-order valence-electron chi connectivity index (χ1n) is 9.13. The second kappa shape index (κ2) is 9.39. The van der Waals surface area contributed by atoms with E-state index in [2.05, 4.69) is 10.3 Å². The highest BCUT2D eigenvalue weighted by Gasteiger charge is 2.19. The van der Waals surface area contributed by atoms with Gasteiger partial charge in [-0.25, -0.2) is 4.98 Å². The van der Waals surface area contributed by atoms with Crippen molar-refractivity contribution in [2.24, 2.45) is 0 Å². The molecule has 3 rings (SSSR count). The standard InChI is InChI=1S/C23H22N2O3S/c1-15-13-16(2)24-23(29-14-19(26)17-9-5-4-6-10-17)21(15)22(27)25-18-11-7-8-12-20(18)28-3/h4-13H,14H2,1-3H3,(H,25,27). The summed E-state index contributed by atoms with van der Waals surface area (Å²) in [5.41, 5.74) is 3.29. The molecule has 0 spiro atoms. The minimum atomic E-state index is -0.283. The molecule has 1 amide bonds. The molecule has 6 heteroatoms. The van der Waals surface area contributed by atoms with Gasteiger partial charge in [0.05, 0.1) is 24.1 Å². The summed E-state index contributed by atoms with van der Waals surface area (Å²) < 4.78 is 5.31. The number of carbonyl (C=O) groups is 2. The molecular weight excluding hydrogens is 384 g/mol. The van der Waals surface area contributed by atoms with Crippen molar-refractivity contribution in [3.8, 4) is 5.75 Å². The molecule has 5 nitrogen and oxygen atoms in total. The average Bonchev–Trinajstić information content (AvgIpc) is 2.72. The summed E-state index contributed by atoms with van der Waals surface area (Å²) in [5.74, 6) is 0.489. The number of ketones is 1. The highest BCUT2D eigenvalue weighted by molar-refractivity contribution is 8.00. The van der Waals surface area contributed by atoms with Gasteiger partial charge in [-0.05, 0) is 37.6 Å². The minimum absolute atomic E-state index is 0.00681. The third-order valence-corrected chi connectivity index (χ3v) is 5.30. The van der Waals surface area contributed by atoms with Gasteiger partial charge in [-0.15, -0.1) is 0 Å². The van der Waals surface area contributed by atoms with Gasteiger partial charge in [0.15, 0.2) is 5.78 Å². The Balaban J connectivity index is 1.85. The molecule has 0 unspecified atom stereocenters. The zero-order valence-corrected chi connectivity index (χ0v) is 17.4. The Morgan fingerprint density at radius 2 is 1.72 bits per heavy atom. The lowest BCUT2D eigenvalue weighted by molar-refractivity contribution is 0.101. The average molecular weight is 407 g/mol. The molecule has 1 aromatic heterocycles. The van der Waals surface area contributed by atoms with Gasteiger partial charge in [0.1, 0.15) is 10.8 Å². The first kappa shape index (κ1) is 20.6. The molecule has 2 aromatic carbocycles. The van der Waals surface area contributed by atoms with Crippen LogP contribution >= 0.6 is 11.8 Å². The van der Waals surface area contributed by atoms with Crippen molar-refractivity contribution in [3.63, 3.8) is 0 Å². The second-order valence-corrected chi connectivity index (χ2v) is 7.46. The Morgan fingerprint density at radius 3 is 2.45 bits per heavy atom. The maximum absolute atomic E-state index is 13.0. The third kappa shape index (κ3) is 5.03. The fourth-order valence-electron chi connectivity index (χ4n) is 2.96. The van der Waals surface area contributed by atoms with E-state index in [4.69, 9.17) is 4.74 Å². The number of pyridine rings is 1. The number of amides is 1. The minimum Gasteiger partial charge on any atom is -0.495 e. The molecule has 148 valence electrons. The Bertz CT molecular complexity index is 1040. The molecule has 0 saturated heterocycles.